The summed E-state index contributed by atoms with van der Waals surface area (Å²) in [5.74, 6) is -0.762. The van der Waals surface area contributed by atoms with Gasteiger partial charge in [-0.05, 0) is 70.4 Å². The van der Waals surface area contributed by atoms with Crippen molar-refractivity contribution in [3.05, 3.63) is 41.4 Å². The fourth-order valence-corrected chi connectivity index (χ4v) is 6.66. The molecule has 0 spiro atoms. The summed E-state index contributed by atoms with van der Waals surface area (Å²) < 4.78 is 0. The monoisotopic (exact) mass is 574 g/mol. The van der Waals surface area contributed by atoms with Crippen molar-refractivity contribution < 1.29 is 19.5 Å². The molecule has 1 aromatic carbocycles. The minimum absolute atomic E-state index is 0.0296. The van der Waals surface area contributed by atoms with Crippen molar-refractivity contribution in [2.24, 2.45) is 23.0 Å². The van der Waals surface area contributed by atoms with E-state index in [1.165, 1.54) is 0 Å². The number of nitrogens with two attached hydrogens (primary N) is 1. The number of primary amides is 1. The standard InChI is InChI=1S/C31H47ClN4O4/c1-7-22(28(39)34-27-20(3)16-31(8-2,29(33)40)17-21(27)4)15-23(37)13-14-35-18-26(38)36(19-30(35,5)6)25-12-10-9-11-24(25)32/h9-12,21-23,27,37H,3,7-8,13-19H2,1-2,4-6H3,(H2,33,40)(H,34,39)/t21?,22-,23?,27?,31?/m1/s1. The molecule has 222 valence electrons. The summed E-state index contributed by atoms with van der Waals surface area (Å²) in [7, 11) is 0. The Balaban J connectivity index is 1.55. The molecule has 0 radical (unpaired) electrons. The highest BCUT2D eigenvalue weighted by Crippen LogP contribution is 2.44. The molecule has 1 aliphatic heterocycles. The van der Waals surface area contributed by atoms with E-state index in [2.05, 4.69) is 30.6 Å². The molecule has 5 atom stereocenters. The molecule has 4 unspecified atom stereocenters. The van der Waals surface area contributed by atoms with Gasteiger partial charge in [0.25, 0.3) is 0 Å². The van der Waals surface area contributed by atoms with Gasteiger partial charge in [0.1, 0.15) is 0 Å². The van der Waals surface area contributed by atoms with Crippen LogP contribution >= 0.6 is 11.6 Å². The van der Waals surface area contributed by atoms with Crippen molar-refractivity contribution in [1.29, 1.82) is 0 Å². The second kappa shape index (κ2) is 13.0. The van der Waals surface area contributed by atoms with Gasteiger partial charge in [0, 0.05) is 24.5 Å². The van der Waals surface area contributed by atoms with E-state index in [1.807, 2.05) is 39.0 Å². The zero-order valence-corrected chi connectivity index (χ0v) is 25.5. The van der Waals surface area contributed by atoms with Crippen LogP contribution in [0.5, 0.6) is 0 Å². The Hall–Kier alpha value is -2.42. The predicted molar refractivity (Wildman–Crippen MR) is 160 cm³/mol. The number of anilines is 1. The Labute approximate surface area is 244 Å². The van der Waals surface area contributed by atoms with Crippen LogP contribution in [0.1, 0.15) is 73.1 Å². The summed E-state index contributed by atoms with van der Waals surface area (Å²) in [5, 5.41) is 14.6. The van der Waals surface area contributed by atoms with Crippen LogP contribution in [0.3, 0.4) is 0 Å². The minimum Gasteiger partial charge on any atom is -0.393 e. The Bertz CT molecular complexity index is 1110. The van der Waals surface area contributed by atoms with E-state index in [0.29, 0.717) is 62.3 Å². The molecule has 3 amide bonds. The third kappa shape index (κ3) is 7.07. The van der Waals surface area contributed by atoms with Gasteiger partial charge in [0.2, 0.25) is 17.7 Å². The number of halogens is 1. The van der Waals surface area contributed by atoms with E-state index >= 15 is 0 Å². The van der Waals surface area contributed by atoms with Gasteiger partial charge >= 0.3 is 0 Å². The molecule has 1 saturated carbocycles. The largest absolute Gasteiger partial charge is 0.393 e. The highest BCUT2D eigenvalue weighted by Gasteiger charge is 2.45. The smallest absolute Gasteiger partial charge is 0.241 e. The van der Waals surface area contributed by atoms with Crippen LogP contribution in [0, 0.1) is 17.3 Å². The Morgan fingerprint density at radius 3 is 2.52 bits per heavy atom. The maximum Gasteiger partial charge on any atom is 0.241 e. The number of nitrogens with zero attached hydrogens (tertiary/aromatic N) is 2. The van der Waals surface area contributed by atoms with Gasteiger partial charge in [-0.15, -0.1) is 0 Å². The molecule has 40 heavy (non-hydrogen) atoms. The molecule has 8 nitrogen and oxygen atoms in total. The Morgan fingerprint density at radius 2 is 1.95 bits per heavy atom. The number of carbonyl (C=O) groups is 3. The first kappa shape index (κ1) is 32.1. The zero-order valence-electron chi connectivity index (χ0n) is 24.7. The summed E-state index contributed by atoms with van der Waals surface area (Å²) in [6, 6.07) is 7.13. The van der Waals surface area contributed by atoms with Gasteiger partial charge in [-0.3, -0.25) is 19.3 Å². The SMILES string of the molecule is C=C1CC(CC)(C(N)=O)CC(C)C1NC(=O)[C@H](CC)CC(O)CCN1CC(=O)N(c2ccccc2Cl)CC1(C)C. The van der Waals surface area contributed by atoms with Gasteiger partial charge in [0.05, 0.1) is 34.8 Å². The summed E-state index contributed by atoms with van der Waals surface area (Å²) >= 11 is 6.36. The van der Waals surface area contributed by atoms with Crippen LogP contribution < -0.4 is 16.0 Å². The summed E-state index contributed by atoms with van der Waals surface area (Å²) in [6.07, 6.45) is 2.44. The van der Waals surface area contributed by atoms with Gasteiger partial charge < -0.3 is 21.1 Å². The number of benzene rings is 1. The molecule has 9 heteroatoms. The normalized spacial score (nSPS) is 26.8. The van der Waals surface area contributed by atoms with Crippen LogP contribution in [0.4, 0.5) is 5.69 Å². The number of piperazine rings is 1. The molecule has 2 fully saturated rings. The van der Waals surface area contributed by atoms with Crippen LogP contribution in [0.15, 0.2) is 36.4 Å². The predicted octanol–water partition coefficient (Wildman–Crippen LogP) is 4.29. The quantitative estimate of drug-likeness (QED) is 0.341. The van der Waals surface area contributed by atoms with Gasteiger partial charge in [0.15, 0.2) is 0 Å². The Kier molecular flexibility index (Phi) is 10.5. The molecule has 2 aliphatic rings. The van der Waals surface area contributed by atoms with Gasteiger partial charge in [-0.2, -0.15) is 0 Å². The van der Waals surface area contributed by atoms with Crippen molar-refractivity contribution in [3.63, 3.8) is 0 Å². The van der Waals surface area contributed by atoms with Crippen LogP contribution in [-0.4, -0.2) is 65.0 Å². The van der Waals surface area contributed by atoms with Crippen molar-refractivity contribution in [2.45, 2.75) is 90.8 Å². The second-order valence-electron chi connectivity index (χ2n) is 12.4. The van der Waals surface area contributed by atoms with E-state index in [9.17, 15) is 19.5 Å². The fourth-order valence-electron chi connectivity index (χ4n) is 6.42. The van der Waals surface area contributed by atoms with Crippen molar-refractivity contribution in [3.8, 4) is 0 Å². The van der Waals surface area contributed by atoms with E-state index in [1.54, 1.807) is 11.0 Å². The number of aliphatic hydroxyl groups is 1. The van der Waals surface area contributed by atoms with E-state index in [0.717, 1.165) is 5.57 Å². The first-order valence-corrected chi connectivity index (χ1v) is 14.9. The molecule has 1 saturated heterocycles. The van der Waals surface area contributed by atoms with Crippen LogP contribution in [-0.2, 0) is 14.4 Å². The second-order valence-corrected chi connectivity index (χ2v) is 12.9. The highest BCUT2D eigenvalue weighted by molar-refractivity contribution is 6.33. The number of hydrogen-bond donors (Lipinski definition) is 3. The lowest BCUT2D eigenvalue weighted by Gasteiger charge is -2.47. The molecule has 1 heterocycles. The third-order valence-electron chi connectivity index (χ3n) is 9.11. The van der Waals surface area contributed by atoms with Gasteiger partial charge in [-0.1, -0.05) is 56.7 Å². The van der Waals surface area contributed by atoms with Crippen molar-refractivity contribution in [1.82, 2.24) is 10.2 Å². The molecule has 3 rings (SSSR count). The molecule has 1 aliphatic carbocycles. The van der Waals surface area contributed by atoms with Crippen molar-refractivity contribution in [2.75, 3.05) is 24.5 Å². The minimum atomic E-state index is -0.683. The van der Waals surface area contributed by atoms with E-state index in [4.69, 9.17) is 17.3 Å². The number of carbonyl (C=O) groups excluding carboxylic acids is 3. The molecule has 4 N–H and O–H groups in total. The van der Waals surface area contributed by atoms with Crippen molar-refractivity contribution >= 4 is 35.0 Å². The number of hydrogen-bond acceptors (Lipinski definition) is 5. The Morgan fingerprint density at radius 1 is 1.27 bits per heavy atom. The van der Waals surface area contributed by atoms with E-state index < -0.39 is 11.5 Å². The lowest BCUT2D eigenvalue weighted by atomic mass is 9.64. The number of aliphatic hydroxyl groups excluding tert-OH is 1. The number of para-hydroxylation sites is 1. The zero-order chi connectivity index (χ0) is 29.8. The molecule has 1 aromatic rings. The summed E-state index contributed by atoms with van der Waals surface area (Å²) in [4.78, 5) is 42.3. The molecular formula is C31H47ClN4O4. The number of amides is 3. The first-order chi connectivity index (χ1) is 18.7. The summed E-state index contributed by atoms with van der Waals surface area (Å²) in [6.45, 7) is 15.5. The molecular weight excluding hydrogens is 528 g/mol. The first-order valence-electron chi connectivity index (χ1n) is 14.5. The average molecular weight is 575 g/mol. The topological polar surface area (TPSA) is 116 Å². The lowest BCUT2D eigenvalue weighted by Crippen LogP contribution is -2.62. The lowest BCUT2D eigenvalue weighted by molar-refractivity contribution is -0.130. The third-order valence-corrected chi connectivity index (χ3v) is 9.43. The molecule has 0 bridgehead atoms. The summed E-state index contributed by atoms with van der Waals surface area (Å²) in [5.41, 5.74) is 6.35. The average Bonchev–Trinajstić information content (AvgIpc) is 2.89. The number of nitrogens with one attached hydrogen (secondary N) is 1. The number of rotatable bonds is 11. The maximum atomic E-state index is 13.3. The van der Waals surface area contributed by atoms with Crippen LogP contribution in [0.25, 0.3) is 0 Å². The van der Waals surface area contributed by atoms with E-state index in [-0.39, 0.29) is 47.7 Å². The van der Waals surface area contributed by atoms with Gasteiger partial charge in [-0.25, -0.2) is 0 Å². The van der Waals surface area contributed by atoms with Crippen LogP contribution in [0.2, 0.25) is 5.02 Å². The maximum absolute atomic E-state index is 13.3. The fraction of sp³-hybridized carbons (Fsp3) is 0.645. The highest BCUT2D eigenvalue weighted by atomic mass is 35.5. The molecule has 0 aromatic heterocycles.